The first-order valence-corrected chi connectivity index (χ1v) is 13.1. The Morgan fingerprint density at radius 1 is 1.00 bits per heavy atom. The smallest absolute Gasteiger partial charge is 0.407 e. The van der Waals surface area contributed by atoms with Crippen molar-refractivity contribution in [2.75, 3.05) is 6.29 Å². The zero-order chi connectivity index (χ0) is 25.8. The number of rotatable bonds is 14. The van der Waals surface area contributed by atoms with Crippen molar-refractivity contribution >= 4 is 19.6 Å². The van der Waals surface area contributed by atoms with E-state index in [0.717, 1.165) is 11.1 Å². The fourth-order valence-electron chi connectivity index (χ4n) is 3.40. The third-order valence-corrected chi connectivity index (χ3v) is 6.40. The number of carboxylic acid groups (broad SMARTS) is 1. The SMILES string of the molecule is CC(C)CC(NP(=O)(O)CNC(=O)OCc1ccccc1)C(O)NC(Cc1ccccc1)C(=O)O. The molecule has 35 heavy (non-hydrogen) atoms. The minimum atomic E-state index is -4.15. The number of aliphatic hydroxyl groups is 1. The Kier molecular flexibility index (Phi) is 11.4. The van der Waals surface area contributed by atoms with E-state index in [1.54, 1.807) is 48.5 Å². The van der Waals surface area contributed by atoms with Crippen molar-refractivity contribution in [1.29, 1.82) is 0 Å². The van der Waals surface area contributed by atoms with E-state index in [1.807, 2.05) is 26.0 Å². The number of carboxylic acids is 1. The summed E-state index contributed by atoms with van der Waals surface area (Å²) in [6, 6.07) is 15.8. The van der Waals surface area contributed by atoms with E-state index in [4.69, 9.17) is 4.74 Å². The molecular formula is C24H34N3O7P. The van der Waals surface area contributed by atoms with E-state index in [9.17, 15) is 29.3 Å². The number of hydrogen-bond acceptors (Lipinski definition) is 6. The molecule has 1 amide bonds. The maximum atomic E-state index is 12.7. The molecule has 0 fully saturated rings. The van der Waals surface area contributed by atoms with Crippen molar-refractivity contribution in [2.45, 2.75) is 51.6 Å². The lowest BCUT2D eigenvalue weighted by Crippen LogP contribution is -2.54. The third kappa shape index (κ3) is 11.0. The number of benzene rings is 2. The van der Waals surface area contributed by atoms with Gasteiger partial charge in [-0.2, -0.15) is 0 Å². The number of carbonyl (C=O) groups is 2. The molecule has 0 heterocycles. The molecule has 0 bridgehead atoms. The number of amides is 1. The van der Waals surface area contributed by atoms with Crippen LogP contribution in [0.15, 0.2) is 60.7 Å². The monoisotopic (exact) mass is 507 g/mol. The Bertz CT molecular complexity index is 976. The van der Waals surface area contributed by atoms with Crippen molar-refractivity contribution < 1.29 is 34.0 Å². The Hall–Kier alpha value is -2.75. The van der Waals surface area contributed by atoms with Gasteiger partial charge < -0.3 is 25.2 Å². The minimum absolute atomic E-state index is 0.00638. The summed E-state index contributed by atoms with van der Waals surface area (Å²) in [5, 5.41) is 27.7. The number of nitrogens with one attached hydrogen (secondary N) is 3. The molecule has 6 N–H and O–H groups in total. The zero-order valence-electron chi connectivity index (χ0n) is 19.8. The number of alkyl carbamates (subject to hydrolysis) is 1. The van der Waals surface area contributed by atoms with Crippen LogP contribution in [0, 0.1) is 5.92 Å². The van der Waals surface area contributed by atoms with Gasteiger partial charge in [0.2, 0.25) is 0 Å². The van der Waals surface area contributed by atoms with E-state index in [-0.39, 0.29) is 25.4 Å². The molecule has 0 aliphatic heterocycles. The zero-order valence-corrected chi connectivity index (χ0v) is 20.7. The van der Waals surface area contributed by atoms with Gasteiger partial charge in [-0.3, -0.25) is 14.7 Å². The van der Waals surface area contributed by atoms with Crippen LogP contribution in [0.1, 0.15) is 31.4 Å². The molecule has 192 valence electrons. The molecule has 0 radical (unpaired) electrons. The highest BCUT2D eigenvalue weighted by Crippen LogP contribution is 2.35. The molecule has 0 saturated carbocycles. The van der Waals surface area contributed by atoms with Crippen molar-refractivity contribution in [2.24, 2.45) is 5.92 Å². The van der Waals surface area contributed by atoms with E-state index in [1.165, 1.54) is 0 Å². The van der Waals surface area contributed by atoms with Gasteiger partial charge in [-0.05, 0) is 29.9 Å². The van der Waals surface area contributed by atoms with Crippen LogP contribution in [-0.4, -0.2) is 51.8 Å². The predicted molar refractivity (Wildman–Crippen MR) is 132 cm³/mol. The molecule has 2 aromatic carbocycles. The summed E-state index contributed by atoms with van der Waals surface area (Å²) >= 11 is 0. The van der Waals surface area contributed by atoms with Crippen LogP contribution in [0.3, 0.4) is 0 Å². The lowest BCUT2D eigenvalue weighted by Gasteiger charge is -2.30. The van der Waals surface area contributed by atoms with Crippen molar-refractivity contribution in [3.8, 4) is 0 Å². The second-order valence-electron chi connectivity index (χ2n) is 8.66. The number of ether oxygens (including phenoxy) is 1. The predicted octanol–water partition coefficient (Wildman–Crippen LogP) is 2.66. The fraction of sp³-hybridized carbons (Fsp3) is 0.417. The van der Waals surface area contributed by atoms with Crippen molar-refractivity contribution in [3.63, 3.8) is 0 Å². The molecule has 11 heteroatoms. The van der Waals surface area contributed by atoms with E-state index >= 15 is 0 Å². The van der Waals surface area contributed by atoms with Gasteiger partial charge in [0.25, 0.3) is 7.52 Å². The summed E-state index contributed by atoms with van der Waals surface area (Å²) in [5.41, 5.74) is 1.53. The lowest BCUT2D eigenvalue weighted by atomic mass is 10.0. The van der Waals surface area contributed by atoms with Crippen LogP contribution in [0.4, 0.5) is 4.79 Å². The summed E-state index contributed by atoms with van der Waals surface area (Å²) < 4.78 is 17.8. The quantitative estimate of drug-likeness (QED) is 0.167. The summed E-state index contributed by atoms with van der Waals surface area (Å²) in [6.07, 6.45) is -2.54. The average molecular weight is 508 g/mol. The standard InChI is InChI=1S/C24H34N3O7P/c1-17(2)13-20(22(28)26-21(23(29)30)14-18-9-5-3-6-10-18)27-35(32,33)16-25-24(31)34-15-19-11-7-4-8-12-19/h3-12,17,20-22,26,28H,13-16H2,1-2H3,(H,25,31)(H,29,30)(H2,27,32,33). The summed E-state index contributed by atoms with van der Waals surface area (Å²) in [5.74, 6) is -1.14. The molecule has 0 aliphatic carbocycles. The lowest BCUT2D eigenvalue weighted by molar-refractivity contribution is -0.140. The van der Waals surface area contributed by atoms with Crippen LogP contribution in [-0.2, 0) is 27.1 Å². The normalized spacial score (nSPS) is 15.6. The van der Waals surface area contributed by atoms with Gasteiger partial charge in [-0.15, -0.1) is 0 Å². The van der Waals surface area contributed by atoms with Gasteiger partial charge in [0.05, 0.1) is 6.04 Å². The van der Waals surface area contributed by atoms with Gasteiger partial charge >= 0.3 is 12.1 Å². The molecule has 0 spiro atoms. The van der Waals surface area contributed by atoms with Gasteiger partial charge in [-0.25, -0.2) is 9.88 Å². The Morgan fingerprint density at radius 2 is 1.57 bits per heavy atom. The Balaban J connectivity index is 1.95. The summed E-state index contributed by atoms with van der Waals surface area (Å²) in [4.78, 5) is 34.1. The number of aliphatic hydroxyl groups excluding tert-OH is 1. The maximum absolute atomic E-state index is 12.7. The molecule has 4 unspecified atom stereocenters. The second kappa shape index (κ2) is 14.0. The van der Waals surface area contributed by atoms with Crippen LogP contribution >= 0.6 is 7.52 Å². The number of hydrogen-bond donors (Lipinski definition) is 6. The highest BCUT2D eigenvalue weighted by atomic mass is 31.2. The van der Waals surface area contributed by atoms with Gasteiger partial charge in [0.15, 0.2) is 0 Å². The molecular weight excluding hydrogens is 473 g/mol. The molecule has 10 nitrogen and oxygen atoms in total. The van der Waals surface area contributed by atoms with E-state index in [2.05, 4.69) is 15.7 Å². The average Bonchev–Trinajstić information content (AvgIpc) is 2.81. The van der Waals surface area contributed by atoms with Gasteiger partial charge in [0.1, 0.15) is 25.2 Å². The molecule has 2 rings (SSSR count). The molecule has 2 aromatic rings. The first-order chi connectivity index (χ1) is 16.6. The highest BCUT2D eigenvalue weighted by Gasteiger charge is 2.32. The number of carbonyl (C=O) groups excluding carboxylic acids is 1. The fourth-order valence-corrected chi connectivity index (χ4v) is 4.60. The first-order valence-electron chi connectivity index (χ1n) is 11.3. The number of aliphatic carboxylic acids is 1. The van der Waals surface area contributed by atoms with Crippen LogP contribution in [0.2, 0.25) is 0 Å². The summed E-state index contributed by atoms with van der Waals surface area (Å²) in [6.45, 7) is 3.73. The van der Waals surface area contributed by atoms with Crippen LogP contribution in [0.5, 0.6) is 0 Å². The summed E-state index contributed by atoms with van der Waals surface area (Å²) in [7, 11) is -4.15. The van der Waals surface area contributed by atoms with Crippen LogP contribution in [0.25, 0.3) is 0 Å². The first kappa shape index (κ1) is 28.5. The van der Waals surface area contributed by atoms with Crippen molar-refractivity contribution in [1.82, 2.24) is 15.7 Å². The van der Waals surface area contributed by atoms with E-state index in [0.29, 0.717) is 0 Å². The molecule has 0 saturated heterocycles. The maximum Gasteiger partial charge on any atom is 0.407 e. The van der Waals surface area contributed by atoms with E-state index < -0.39 is 44.2 Å². The molecule has 4 atom stereocenters. The second-order valence-corrected chi connectivity index (χ2v) is 10.6. The highest BCUT2D eigenvalue weighted by molar-refractivity contribution is 7.55. The molecule has 0 aromatic heterocycles. The van der Waals surface area contributed by atoms with Gasteiger partial charge in [-0.1, -0.05) is 74.5 Å². The Labute approximate surface area is 205 Å². The topological polar surface area (TPSA) is 157 Å². The molecule has 0 aliphatic rings. The third-order valence-electron chi connectivity index (χ3n) is 5.08. The Morgan fingerprint density at radius 3 is 2.11 bits per heavy atom. The van der Waals surface area contributed by atoms with Gasteiger partial charge in [0, 0.05) is 0 Å². The van der Waals surface area contributed by atoms with Crippen LogP contribution < -0.4 is 15.7 Å². The minimum Gasteiger partial charge on any atom is -0.480 e. The van der Waals surface area contributed by atoms with Crippen molar-refractivity contribution in [3.05, 3.63) is 71.8 Å². The largest absolute Gasteiger partial charge is 0.480 e.